The van der Waals surface area contributed by atoms with Crippen LogP contribution >= 0.6 is 11.8 Å². The Morgan fingerprint density at radius 1 is 0.660 bits per heavy atom. The molecule has 1 aliphatic rings. The number of benzene rings is 4. The molecule has 1 heterocycles. The Morgan fingerprint density at radius 2 is 1.19 bits per heavy atom. The summed E-state index contributed by atoms with van der Waals surface area (Å²) in [4.78, 5) is 25.9. The van der Waals surface area contributed by atoms with Gasteiger partial charge in [-0.05, 0) is 42.7 Å². The lowest BCUT2D eigenvalue weighted by Gasteiger charge is -2.45. The van der Waals surface area contributed by atoms with Crippen LogP contribution in [0.5, 0.6) is 0 Å². The first-order valence-corrected chi connectivity index (χ1v) is 16.8. The zero-order valence-electron chi connectivity index (χ0n) is 26.9. The molecule has 0 saturated carbocycles. The average Bonchev–Trinajstić information content (AvgIpc) is 3.09. The number of Topliss-reactive ketones (excluding diaryl/α,β-unsaturated/α-hetero) is 1. The lowest BCUT2D eigenvalue weighted by molar-refractivity contribution is -0.249. The summed E-state index contributed by atoms with van der Waals surface area (Å²) in [6.45, 7) is 4.71. The van der Waals surface area contributed by atoms with Crippen LogP contribution in [0.1, 0.15) is 42.0 Å². The first-order valence-electron chi connectivity index (χ1n) is 15.9. The molecule has 5 atom stereocenters. The SMILES string of the molecule is CC(=O)CCC(=O)O[C@H]1[C@@H](OCc2ccccc2)[C@H](OCc2ccccc2)[C@@H](COCc2ccccc2)O[C@H]1Sc1ccc(C)cc1. The maximum atomic E-state index is 13.2. The number of rotatable bonds is 16. The lowest BCUT2D eigenvalue weighted by Crippen LogP contribution is -2.60. The van der Waals surface area contributed by atoms with E-state index in [0.717, 1.165) is 27.1 Å². The molecule has 0 N–H and O–H groups in total. The van der Waals surface area contributed by atoms with Gasteiger partial charge in [-0.25, -0.2) is 0 Å². The molecule has 0 aliphatic carbocycles. The van der Waals surface area contributed by atoms with E-state index in [1.807, 2.05) is 122 Å². The van der Waals surface area contributed by atoms with Gasteiger partial charge in [-0.2, -0.15) is 0 Å². The van der Waals surface area contributed by atoms with Crippen molar-refractivity contribution in [1.29, 1.82) is 0 Å². The molecule has 4 aromatic rings. The Hall–Kier alpha value is -3.79. The van der Waals surface area contributed by atoms with Crippen LogP contribution in [0.4, 0.5) is 0 Å². The van der Waals surface area contributed by atoms with Crippen molar-refractivity contribution in [1.82, 2.24) is 0 Å². The van der Waals surface area contributed by atoms with Crippen LogP contribution in [-0.4, -0.2) is 48.2 Å². The van der Waals surface area contributed by atoms with Crippen molar-refractivity contribution in [2.45, 2.75) is 81.3 Å². The molecule has 7 nitrogen and oxygen atoms in total. The molecule has 0 bridgehead atoms. The van der Waals surface area contributed by atoms with Crippen LogP contribution in [-0.2, 0) is 53.1 Å². The van der Waals surface area contributed by atoms with Gasteiger partial charge in [0.1, 0.15) is 29.5 Å². The number of esters is 1. The summed E-state index contributed by atoms with van der Waals surface area (Å²) < 4.78 is 32.5. The van der Waals surface area contributed by atoms with Gasteiger partial charge < -0.3 is 28.5 Å². The molecule has 246 valence electrons. The number of hydrogen-bond acceptors (Lipinski definition) is 8. The van der Waals surface area contributed by atoms with Crippen molar-refractivity contribution in [3.05, 3.63) is 138 Å². The highest BCUT2D eigenvalue weighted by atomic mass is 32.2. The Labute approximate surface area is 281 Å². The van der Waals surface area contributed by atoms with Gasteiger partial charge in [0.15, 0.2) is 6.10 Å². The highest BCUT2D eigenvalue weighted by Crippen LogP contribution is 2.38. The Bertz CT molecular complexity index is 1520. The third-order valence-electron chi connectivity index (χ3n) is 7.78. The van der Waals surface area contributed by atoms with Gasteiger partial charge in [0.05, 0.1) is 32.8 Å². The number of carbonyl (C=O) groups excluding carboxylic acids is 2. The van der Waals surface area contributed by atoms with Gasteiger partial charge in [-0.3, -0.25) is 4.79 Å². The minimum Gasteiger partial charge on any atom is -0.456 e. The van der Waals surface area contributed by atoms with Crippen LogP contribution in [0.25, 0.3) is 0 Å². The normalized spacial score (nSPS) is 20.9. The number of ether oxygens (including phenoxy) is 5. The van der Waals surface area contributed by atoms with E-state index in [2.05, 4.69) is 0 Å². The van der Waals surface area contributed by atoms with Gasteiger partial charge in [0.2, 0.25) is 0 Å². The number of carbonyl (C=O) groups is 2. The molecule has 0 amide bonds. The monoisotopic (exact) mass is 654 g/mol. The van der Waals surface area contributed by atoms with Crippen LogP contribution in [0, 0.1) is 6.92 Å². The van der Waals surface area contributed by atoms with E-state index in [4.69, 9.17) is 23.7 Å². The van der Waals surface area contributed by atoms with Gasteiger partial charge >= 0.3 is 5.97 Å². The summed E-state index contributed by atoms with van der Waals surface area (Å²) in [7, 11) is 0. The summed E-state index contributed by atoms with van der Waals surface area (Å²) in [5, 5.41) is 0. The van der Waals surface area contributed by atoms with E-state index in [1.165, 1.54) is 18.7 Å². The summed E-state index contributed by atoms with van der Waals surface area (Å²) in [6.07, 6.45) is -2.66. The first-order chi connectivity index (χ1) is 22.9. The summed E-state index contributed by atoms with van der Waals surface area (Å²) in [5.41, 5.74) is 3.51. The predicted molar refractivity (Wildman–Crippen MR) is 182 cm³/mol. The molecule has 47 heavy (non-hydrogen) atoms. The number of aryl methyl sites for hydroxylation is 1. The van der Waals surface area contributed by atoms with E-state index in [1.54, 1.807) is 0 Å². The molecule has 8 heteroatoms. The molecular formula is C39H42O7S. The van der Waals surface area contributed by atoms with Crippen LogP contribution < -0.4 is 0 Å². The second kappa shape index (κ2) is 17.9. The van der Waals surface area contributed by atoms with Crippen LogP contribution in [0.15, 0.2) is 120 Å². The maximum absolute atomic E-state index is 13.2. The van der Waals surface area contributed by atoms with Crippen molar-refractivity contribution in [2.75, 3.05) is 6.61 Å². The number of thioether (sulfide) groups is 1. The molecule has 1 saturated heterocycles. The fourth-order valence-electron chi connectivity index (χ4n) is 5.26. The fourth-order valence-corrected chi connectivity index (χ4v) is 6.37. The van der Waals surface area contributed by atoms with E-state index in [-0.39, 0.29) is 31.8 Å². The molecule has 0 radical (unpaired) electrons. The highest BCUT2D eigenvalue weighted by Gasteiger charge is 2.50. The lowest BCUT2D eigenvalue weighted by atomic mass is 9.98. The van der Waals surface area contributed by atoms with Crippen LogP contribution in [0.3, 0.4) is 0 Å². The largest absolute Gasteiger partial charge is 0.456 e. The standard InChI is InChI=1S/C39H42O7S/c1-28-18-21-33(22-19-28)47-39-38(46-35(41)23-20-29(2)40)37(44-26-32-16-10-5-11-17-32)36(43-25-31-14-8-4-9-15-31)34(45-39)27-42-24-30-12-6-3-7-13-30/h3-19,21-22,34,36-39H,20,23-27H2,1-2H3/t34-,36-,37+,38+,39+/m1/s1. The van der Waals surface area contributed by atoms with Crippen molar-refractivity contribution in [3.63, 3.8) is 0 Å². The molecule has 0 aromatic heterocycles. The molecule has 1 aliphatic heterocycles. The predicted octanol–water partition coefficient (Wildman–Crippen LogP) is 7.48. The molecular weight excluding hydrogens is 612 g/mol. The van der Waals surface area contributed by atoms with Crippen molar-refractivity contribution in [3.8, 4) is 0 Å². The Morgan fingerprint density at radius 3 is 1.74 bits per heavy atom. The second-order valence-corrected chi connectivity index (χ2v) is 12.8. The number of ketones is 1. The number of hydrogen-bond donors (Lipinski definition) is 0. The molecule has 4 aromatic carbocycles. The van der Waals surface area contributed by atoms with Crippen LogP contribution in [0.2, 0.25) is 0 Å². The Balaban J connectivity index is 1.47. The van der Waals surface area contributed by atoms with E-state index in [0.29, 0.717) is 13.2 Å². The third-order valence-corrected chi connectivity index (χ3v) is 8.93. The minimum atomic E-state index is -0.837. The van der Waals surface area contributed by atoms with Crippen molar-refractivity contribution < 1.29 is 33.3 Å². The molecule has 5 rings (SSSR count). The first kappa shape index (κ1) is 34.5. The van der Waals surface area contributed by atoms with Gasteiger partial charge in [0, 0.05) is 11.3 Å². The van der Waals surface area contributed by atoms with E-state index < -0.39 is 35.8 Å². The van der Waals surface area contributed by atoms with E-state index in [9.17, 15) is 9.59 Å². The zero-order valence-corrected chi connectivity index (χ0v) is 27.7. The molecule has 1 fully saturated rings. The summed E-state index contributed by atoms with van der Waals surface area (Å²) in [6, 6.07) is 37.8. The van der Waals surface area contributed by atoms with Gasteiger partial charge in [0.25, 0.3) is 0 Å². The Kier molecular flexibility index (Phi) is 13.2. The molecule has 0 unspecified atom stereocenters. The molecule has 0 spiro atoms. The maximum Gasteiger partial charge on any atom is 0.306 e. The smallest absolute Gasteiger partial charge is 0.306 e. The van der Waals surface area contributed by atoms with E-state index >= 15 is 0 Å². The minimum absolute atomic E-state index is 0.0295. The van der Waals surface area contributed by atoms with Crippen molar-refractivity contribution in [2.24, 2.45) is 0 Å². The fraction of sp³-hybridized carbons (Fsp3) is 0.333. The third kappa shape index (κ3) is 10.9. The van der Waals surface area contributed by atoms with Crippen molar-refractivity contribution >= 4 is 23.5 Å². The highest BCUT2D eigenvalue weighted by molar-refractivity contribution is 7.99. The quantitative estimate of drug-likeness (QED) is 0.115. The zero-order chi connectivity index (χ0) is 32.8. The van der Waals surface area contributed by atoms with Gasteiger partial charge in [-0.15, -0.1) is 0 Å². The second-order valence-electron chi connectivity index (χ2n) is 11.7. The summed E-state index contributed by atoms with van der Waals surface area (Å²) >= 11 is 1.47. The summed E-state index contributed by atoms with van der Waals surface area (Å²) in [5.74, 6) is -0.568. The topological polar surface area (TPSA) is 80.3 Å². The average molecular weight is 655 g/mol. The van der Waals surface area contributed by atoms with Gasteiger partial charge in [-0.1, -0.05) is 120 Å².